The van der Waals surface area contributed by atoms with Crippen molar-refractivity contribution in [1.82, 2.24) is 0 Å². The Balaban J connectivity index is 1.49. The Bertz CT molecular complexity index is 1030. The van der Waals surface area contributed by atoms with E-state index in [-0.39, 0.29) is 18.4 Å². The number of aryl methyl sites for hydroxylation is 2. The number of benzene rings is 3. The van der Waals surface area contributed by atoms with Gasteiger partial charge in [0.15, 0.2) is 18.1 Å². The Morgan fingerprint density at radius 1 is 0.806 bits per heavy atom. The van der Waals surface area contributed by atoms with Gasteiger partial charge in [-0.2, -0.15) is 0 Å². The van der Waals surface area contributed by atoms with Gasteiger partial charge in [-0.25, -0.2) is 0 Å². The molecule has 2 N–H and O–H groups in total. The van der Waals surface area contributed by atoms with Crippen molar-refractivity contribution in [1.29, 1.82) is 0 Å². The van der Waals surface area contributed by atoms with Crippen LogP contribution in [0.3, 0.4) is 0 Å². The largest absolute Gasteiger partial charge is 0.493 e. The first-order chi connectivity index (χ1) is 15.0. The lowest BCUT2D eigenvalue weighted by Gasteiger charge is -2.11. The molecule has 6 nitrogen and oxygen atoms in total. The quantitative estimate of drug-likeness (QED) is 0.533. The first kappa shape index (κ1) is 21.9. The lowest BCUT2D eigenvalue weighted by atomic mass is 10.1. The highest BCUT2D eigenvalue weighted by atomic mass is 16.5. The molecule has 0 radical (unpaired) electrons. The minimum Gasteiger partial charge on any atom is -0.493 e. The van der Waals surface area contributed by atoms with E-state index in [1.54, 1.807) is 49.6 Å². The van der Waals surface area contributed by atoms with E-state index in [0.29, 0.717) is 35.7 Å². The number of nitrogens with one attached hydrogen (secondary N) is 2. The van der Waals surface area contributed by atoms with Gasteiger partial charge in [-0.15, -0.1) is 0 Å². The molecule has 0 atom stereocenters. The summed E-state index contributed by atoms with van der Waals surface area (Å²) in [6.07, 6.45) is 1.05. The third-order valence-corrected chi connectivity index (χ3v) is 4.62. The highest BCUT2D eigenvalue weighted by molar-refractivity contribution is 5.94. The molecule has 0 aliphatic carbocycles. The van der Waals surface area contributed by atoms with Gasteiger partial charge in [0.1, 0.15) is 0 Å². The van der Waals surface area contributed by atoms with E-state index < -0.39 is 0 Å². The highest BCUT2D eigenvalue weighted by Gasteiger charge is 2.09. The molecule has 0 aromatic heterocycles. The summed E-state index contributed by atoms with van der Waals surface area (Å²) in [5.41, 5.74) is 3.51. The van der Waals surface area contributed by atoms with Crippen molar-refractivity contribution in [3.05, 3.63) is 83.9 Å². The summed E-state index contributed by atoms with van der Waals surface area (Å²) in [5.74, 6) is 0.665. The molecule has 0 spiro atoms. The van der Waals surface area contributed by atoms with E-state index in [9.17, 15) is 9.59 Å². The average Bonchev–Trinajstić information content (AvgIpc) is 2.78. The van der Waals surface area contributed by atoms with Gasteiger partial charge in [-0.05, 0) is 49.2 Å². The van der Waals surface area contributed by atoms with Crippen LogP contribution in [0, 0.1) is 6.92 Å². The Hall–Kier alpha value is -3.80. The molecule has 3 aromatic carbocycles. The number of methoxy groups -OCH3 is 1. The summed E-state index contributed by atoms with van der Waals surface area (Å²) >= 11 is 0. The minimum absolute atomic E-state index is 0.0800. The van der Waals surface area contributed by atoms with Gasteiger partial charge in [0, 0.05) is 17.8 Å². The van der Waals surface area contributed by atoms with Crippen LogP contribution in [0.4, 0.5) is 11.4 Å². The maximum Gasteiger partial charge on any atom is 0.262 e. The zero-order valence-electron chi connectivity index (χ0n) is 17.7. The molecular weight excluding hydrogens is 392 g/mol. The molecule has 31 heavy (non-hydrogen) atoms. The van der Waals surface area contributed by atoms with Gasteiger partial charge in [0.2, 0.25) is 5.91 Å². The standard InChI is InChI=1S/C25H26N2O4/c1-18-10-12-19(13-11-18)14-15-24(28)26-20-6-5-7-21(16-20)27-25(29)17-31-23-9-4-3-8-22(23)30-2/h3-13,16H,14-15,17H2,1-2H3,(H,26,28)(H,27,29). The minimum atomic E-state index is -0.311. The number of ether oxygens (including phenoxy) is 2. The zero-order chi connectivity index (χ0) is 22.1. The molecule has 0 bridgehead atoms. The SMILES string of the molecule is COc1ccccc1OCC(=O)Nc1cccc(NC(=O)CCc2ccc(C)cc2)c1. The monoisotopic (exact) mass is 418 g/mol. The molecule has 0 saturated heterocycles. The molecule has 0 unspecified atom stereocenters. The van der Waals surface area contributed by atoms with Crippen LogP contribution in [0.2, 0.25) is 0 Å². The number of carbonyl (C=O) groups is 2. The van der Waals surface area contributed by atoms with Crippen molar-refractivity contribution in [3.63, 3.8) is 0 Å². The number of hydrogen-bond acceptors (Lipinski definition) is 4. The van der Waals surface area contributed by atoms with Crippen LogP contribution in [-0.2, 0) is 16.0 Å². The number of carbonyl (C=O) groups excluding carboxylic acids is 2. The molecule has 3 aromatic rings. The topological polar surface area (TPSA) is 76.7 Å². The molecule has 3 rings (SSSR count). The van der Waals surface area contributed by atoms with Crippen molar-refractivity contribution in [3.8, 4) is 11.5 Å². The number of amides is 2. The maximum atomic E-state index is 12.3. The molecule has 6 heteroatoms. The van der Waals surface area contributed by atoms with Crippen LogP contribution >= 0.6 is 0 Å². The van der Waals surface area contributed by atoms with Crippen LogP contribution in [0.25, 0.3) is 0 Å². The molecule has 0 fully saturated rings. The van der Waals surface area contributed by atoms with Crippen molar-refractivity contribution in [2.75, 3.05) is 24.4 Å². The van der Waals surface area contributed by atoms with Gasteiger partial charge in [0.25, 0.3) is 5.91 Å². The Morgan fingerprint density at radius 3 is 2.13 bits per heavy atom. The van der Waals surface area contributed by atoms with Gasteiger partial charge in [-0.1, -0.05) is 48.0 Å². The van der Waals surface area contributed by atoms with E-state index in [1.807, 2.05) is 37.3 Å². The average molecular weight is 418 g/mol. The molecular formula is C25H26N2O4. The Morgan fingerprint density at radius 2 is 1.45 bits per heavy atom. The first-order valence-electron chi connectivity index (χ1n) is 10.0. The fourth-order valence-electron chi connectivity index (χ4n) is 2.99. The maximum absolute atomic E-state index is 12.3. The Labute approximate surface area is 182 Å². The van der Waals surface area contributed by atoms with E-state index >= 15 is 0 Å². The van der Waals surface area contributed by atoms with Crippen molar-refractivity contribution in [2.45, 2.75) is 19.8 Å². The second kappa shape index (κ2) is 10.8. The summed E-state index contributed by atoms with van der Waals surface area (Å²) in [6, 6.07) is 22.3. The molecule has 160 valence electrons. The number of anilines is 2. The van der Waals surface area contributed by atoms with Gasteiger partial charge < -0.3 is 20.1 Å². The highest BCUT2D eigenvalue weighted by Crippen LogP contribution is 2.25. The lowest BCUT2D eigenvalue weighted by molar-refractivity contribution is -0.118. The predicted molar refractivity (Wildman–Crippen MR) is 122 cm³/mol. The Kier molecular flexibility index (Phi) is 7.65. The van der Waals surface area contributed by atoms with Crippen LogP contribution in [0.15, 0.2) is 72.8 Å². The summed E-state index contributed by atoms with van der Waals surface area (Å²) in [4.78, 5) is 24.5. The normalized spacial score (nSPS) is 10.3. The van der Waals surface area contributed by atoms with E-state index in [0.717, 1.165) is 5.56 Å². The lowest BCUT2D eigenvalue weighted by Crippen LogP contribution is -2.20. The van der Waals surface area contributed by atoms with Gasteiger partial charge in [-0.3, -0.25) is 9.59 Å². The second-order valence-electron chi connectivity index (χ2n) is 7.10. The fourth-order valence-corrected chi connectivity index (χ4v) is 2.99. The second-order valence-corrected chi connectivity index (χ2v) is 7.10. The number of para-hydroxylation sites is 2. The van der Waals surface area contributed by atoms with Crippen LogP contribution < -0.4 is 20.1 Å². The van der Waals surface area contributed by atoms with Crippen LogP contribution in [-0.4, -0.2) is 25.5 Å². The number of hydrogen-bond donors (Lipinski definition) is 2. The summed E-state index contributed by atoms with van der Waals surface area (Å²) < 4.78 is 10.7. The number of rotatable bonds is 9. The van der Waals surface area contributed by atoms with E-state index in [1.165, 1.54) is 5.56 Å². The first-order valence-corrected chi connectivity index (χ1v) is 10.0. The fraction of sp³-hybridized carbons (Fsp3) is 0.200. The summed E-state index contributed by atoms with van der Waals surface area (Å²) in [6.45, 7) is 1.88. The molecule has 2 amide bonds. The molecule has 0 aliphatic rings. The molecule has 0 aliphatic heterocycles. The van der Waals surface area contributed by atoms with E-state index in [4.69, 9.17) is 9.47 Å². The molecule has 0 saturated carbocycles. The predicted octanol–water partition coefficient (Wildman–Crippen LogP) is 4.59. The summed E-state index contributed by atoms with van der Waals surface area (Å²) in [7, 11) is 1.54. The van der Waals surface area contributed by atoms with Crippen molar-refractivity contribution < 1.29 is 19.1 Å². The third kappa shape index (κ3) is 6.89. The van der Waals surface area contributed by atoms with Gasteiger partial charge in [0.05, 0.1) is 7.11 Å². The van der Waals surface area contributed by atoms with Crippen molar-refractivity contribution >= 4 is 23.2 Å². The zero-order valence-corrected chi connectivity index (χ0v) is 17.7. The smallest absolute Gasteiger partial charge is 0.262 e. The van der Waals surface area contributed by atoms with Gasteiger partial charge >= 0.3 is 0 Å². The van der Waals surface area contributed by atoms with E-state index in [2.05, 4.69) is 10.6 Å². The van der Waals surface area contributed by atoms with Crippen LogP contribution in [0.5, 0.6) is 11.5 Å². The van der Waals surface area contributed by atoms with Crippen LogP contribution in [0.1, 0.15) is 17.5 Å². The summed E-state index contributed by atoms with van der Waals surface area (Å²) in [5, 5.41) is 5.64. The molecule has 0 heterocycles. The van der Waals surface area contributed by atoms with Crippen molar-refractivity contribution in [2.24, 2.45) is 0 Å². The third-order valence-electron chi connectivity index (χ3n) is 4.62.